The Morgan fingerprint density at radius 3 is 2.56 bits per heavy atom. The Hall–Kier alpha value is -3.59. The minimum atomic E-state index is -0.298. The van der Waals surface area contributed by atoms with Gasteiger partial charge in [-0.25, -0.2) is 9.80 Å². The lowest BCUT2D eigenvalue weighted by atomic mass is 9.95. The summed E-state index contributed by atoms with van der Waals surface area (Å²) in [5.74, 6) is 1.33. The second-order valence-corrected chi connectivity index (χ2v) is 9.40. The first-order valence-corrected chi connectivity index (χ1v) is 12.4. The van der Waals surface area contributed by atoms with Crippen LogP contribution in [-0.4, -0.2) is 78.6 Å². The first-order chi connectivity index (χ1) is 17.4. The molecule has 2 aromatic carbocycles. The van der Waals surface area contributed by atoms with Crippen LogP contribution in [0.3, 0.4) is 0 Å². The molecule has 0 N–H and O–H groups in total. The molecular formula is C27H32N4O5. The van der Waals surface area contributed by atoms with E-state index in [0.29, 0.717) is 50.7 Å². The topological polar surface area (TPSA) is 83.9 Å². The molecule has 0 spiro atoms. The van der Waals surface area contributed by atoms with Crippen LogP contribution in [0.4, 0.5) is 4.79 Å². The van der Waals surface area contributed by atoms with E-state index in [4.69, 9.17) is 19.3 Å². The number of benzene rings is 2. The number of amides is 2. The summed E-state index contributed by atoms with van der Waals surface area (Å²) in [6.07, 6.45) is 0.319. The van der Waals surface area contributed by atoms with Crippen LogP contribution in [0.2, 0.25) is 0 Å². The number of piperazine rings is 1. The van der Waals surface area contributed by atoms with E-state index < -0.39 is 0 Å². The molecule has 0 aliphatic carbocycles. The Morgan fingerprint density at radius 1 is 1.03 bits per heavy atom. The highest BCUT2D eigenvalue weighted by molar-refractivity contribution is 6.04. The predicted molar refractivity (Wildman–Crippen MR) is 134 cm³/mol. The molecule has 0 aromatic heterocycles. The Labute approximate surface area is 211 Å². The van der Waals surface area contributed by atoms with Crippen LogP contribution < -0.4 is 9.47 Å². The Balaban J connectivity index is 1.35. The second-order valence-electron chi connectivity index (χ2n) is 9.40. The zero-order valence-electron chi connectivity index (χ0n) is 21.0. The van der Waals surface area contributed by atoms with Crippen LogP contribution in [0.15, 0.2) is 41.5 Å². The summed E-state index contributed by atoms with van der Waals surface area (Å²) in [5, 5.41) is 6.48. The third-order valence-corrected chi connectivity index (χ3v) is 6.90. The molecule has 2 amide bonds. The van der Waals surface area contributed by atoms with Gasteiger partial charge in [-0.3, -0.25) is 9.69 Å². The maximum atomic E-state index is 13.6. The van der Waals surface area contributed by atoms with Crippen LogP contribution in [0, 0.1) is 13.8 Å². The van der Waals surface area contributed by atoms with Crippen molar-refractivity contribution in [1.29, 1.82) is 0 Å². The summed E-state index contributed by atoms with van der Waals surface area (Å²) in [7, 11) is 0. The molecule has 3 aliphatic rings. The molecule has 9 heteroatoms. The molecule has 1 atom stereocenters. The van der Waals surface area contributed by atoms with E-state index in [1.807, 2.05) is 18.2 Å². The molecule has 0 radical (unpaired) electrons. The third-order valence-electron chi connectivity index (χ3n) is 6.90. The fraction of sp³-hybridized carbons (Fsp3) is 0.444. The third kappa shape index (κ3) is 4.88. The molecule has 36 heavy (non-hydrogen) atoms. The average Bonchev–Trinajstić information content (AvgIpc) is 3.51. The molecule has 1 unspecified atom stereocenters. The first-order valence-electron chi connectivity index (χ1n) is 12.4. The fourth-order valence-electron chi connectivity index (χ4n) is 4.99. The van der Waals surface area contributed by atoms with Crippen molar-refractivity contribution >= 4 is 17.7 Å². The van der Waals surface area contributed by atoms with Gasteiger partial charge in [0.2, 0.25) is 6.79 Å². The van der Waals surface area contributed by atoms with Crippen molar-refractivity contribution in [1.82, 2.24) is 14.8 Å². The van der Waals surface area contributed by atoms with Crippen LogP contribution in [0.25, 0.3) is 0 Å². The number of fused-ring (bicyclic) bond motifs is 1. The van der Waals surface area contributed by atoms with Crippen molar-refractivity contribution in [2.45, 2.75) is 33.2 Å². The number of hydrogen-bond acceptors (Lipinski definition) is 7. The average molecular weight is 493 g/mol. The van der Waals surface area contributed by atoms with Crippen molar-refractivity contribution in [2.24, 2.45) is 5.10 Å². The number of ether oxygens (including phenoxy) is 3. The SMILES string of the molecule is CCOC(=O)N1CCN(CC(=O)N2N=C(c3ccc(C)cc3C)CC2c2ccc3c(c2)OCO3)CC1. The second kappa shape index (κ2) is 10.2. The molecule has 2 aromatic rings. The van der Waals surface area contributed by atoms with Crippen LogP contribution in [-0.2, 0) is 9.53 Å². The Morgan fingerprint density at radius 2 is 1.81 bits per heavy atom. The van der Waals surface area contributed by atoms with Gasteiger partial charge >= 0.3 is 6.09 Å². The largest absolute Gasteiger partial charge is 0.454 e. The zero-order valence-corrected chi connectivity index (χ0v) is 21.0. The number of carbonyl (C=O) groups is 2. The van der Waals surface area contributed by atoms with E-state index in [1.165, 1.54) is 5.56 Å². The number of hydrogen-bond donors (Lipinski definition) is 0. The molecule has 5 rings (SSSR count). The van der Waals surface area contributed by atoms with Crippen LogP contribution in [0.5, 0.6) is 11.5 Å². The van der Waals surface area contributed by atoms with Crippen LogP contribution in [0.1, 0.15) is 41.6 Å². The lowest BCUT2D eigenvalue weighted by Gasteiger charge is -2.34. The minimum absolute atomic E-state index is 0.0676. The predicted octanol–water partition coefficient (Wildman–Crippen LogP) is 3.48. The summed E-state index contributed by atoms with van der Waals surface area (Å²) < 4.78 is 16.2. The van der Waals surface area contributed by atoms with Crippen molar-refractivity contribution in [2.75, 3.05) is 46.1 Å². The monoisotopic (exact) mass is 492 g/mol. The Bertz CT molecular complexity index is 1190. The van der Waals surface area contributed by atoms with Gasteiger partial charge in [-0.2, -0.15) is 5.10 Å². The fourth-order valence-corrected chi connectivity index (χ4v) is 4.99. The molecule has 3 aliphatic heterocycles. The van der Waals surface area contributed by atoms with E-state index in [9.17, 15) is 9.59 Å². The molecule has 9 nitrogen and oxygen atoms in total. The van der Waals surface area contributed by atoms with Gasteiger partial charge in [0.05, 0.1) is 24.9 Å². The van der Waals surface area contributed by atoms with Gasteiger partial charge in [-0.1, -0.05) is 29.8 Å². The van der Waals surface area contributed by atoms with E-state index >= 15 is 0 Å². The van der Waals surface area contributed by atoms with E-state index in [-0.39, 0.29) is 31.4 Å². The number of aryl methyl sites for hydroxylation is 2. The minimum Gasteiger partial charge on any atom is -0.454 e. The number of rotatable bonds is 5. The van der Waals surface area contributed by atoms with Gasteiger partial charge in [0.15, 0.2) is 11.5 Å². The highest BCUT2D eigenvalue weighted by Gasteiger charge is 2.35. The van der Waals surface area contributed by atoms with E-state index in [0.717, 1.165) is 22.4 Å². The van der Waals surface area contributed by atoms with Crippen molar-refractivity contribution < 1.29 is 23.8 Å². The van der Waals surface area contributed by atoms with Crippen molar-refractivity contribution in [3.8, 4) is 11.5 Å². The highest BCUT2D eigenvalue weighted by atomic mass is 16.7. The quantitative estimate of drug-likeness (QED) is 0.636. The number of carbonyl (C=O) groups excluding carboxylic acids is 2. The molecule has 1 fully saturated rings. The summed E-state index contributed by atoms with van der Waals surface area (Å²) in [4.78, 5) is 29.3. The van der Waals surface area contributed by atoms with E-state index in [2.05, 4.69) is 36.9 Å². The molecular weight excluding hydrogens is 460 g/mol. The highest BCUT2D eigenvalue weighted by Crippen LogP contribution is 2.39. The lowest BCUT2D eigenvalue weighted by molar-refractivity contribution is -0.134. The molecule has 3 heterocycles. The van der Waals surface area contributed by atoms with Gasteiger partial charge in [-0.05, 0) is 44.0 Å². The van der Waals surface area contributed by atoms with E-state index in [1.54, 1.807) is 16.8 Å². The smallest absolute Gasteiger partial charge is 0.409 e. The molecule has 0 saturated carbocycles. The molecule has 190 valence electrons. The zero-order chi connectivity index (χ0) is 25.2. The maximum Gasteiger partial charge on any atom is 0.409 e. The summed E-state index contributed by atoms with van der Waals surface area (Å²) in [5.41, 5.74) is 5.25. The number of nitrogens with zero attached hydrogens (tertiary/aromatic N) is 4. The molecule has 1 saturated heterocycles. The lowest BCUT2D eigenvalue weighted by Crippen LogP contribution is -2.51. The van der Waals surface area contributed by atoms with Gasteiger partial charge in [0, 0.05) is 38.2 Å². The normalized spacial score (nSPS) is 19.4. The van der Waals surface area contributed by atoms with Crippen molar-refractivity contribution in [3.63, 3.8) is 0 Å². The Kier molecular flexibility index (Phi) is 6.82. The summed E-state index contributed by atoms with van der Waals surface area (Å²) >= 11 is 0. The van der Waals surface area contributed by atoms with Gasteiger partial charge < -0.3 is 19.1 Å². The number of hydrazone groups is 1. The van der Waals surface area contributed by atoms with Gasteiger partial charge in [-0.15, -0.1) is 0 Å². The first kappa shape index (κ1) is 24.1. The summed E-state index contributed by atoms with van der Waals surface area (Å²) in [6, 6.07) is 11.9. The standard InChI is InChI=1S/C27H32N4O5/c1-4-34-27(33)30-11-9-29(10-12-30)16-26(32)31-23(20-6-8-24-25(14-20)36-17-35-24)15-22(28-31)21-7-5-18(2)13-19(21)3/h5-8,13-14,23H,4,9-12,15-17H2,1-3H3. The summed E-state index contributed by atoms with van der Waals surface area (Å²) in [6.45, 7) is 9.04. The van der Waals surface area contributed by atoms with Gasteiger partial charge in [0.1, 0.15) is 0 Å². The van der Waals surface area contributed by atoms with Crippen LogP contribution >= 0.6 is 0 Å². The maximum absolute atomic E-state index is 13.6. The molecule has 0 bridgehead atoms. The van der Waals surface area contributed by atoms with Gasteiger partial charge in [0.25, 0.3) is 5.91 Å². The van der Waals surface area contributed by atoms with Crippen molar-refractivity contribution in [3.05, 3.63) is 58.7 Å².